The third-order valence-corrected chi connectivity index (χ3v) is 5.48. The predicted octanol–water partition coefficient (Wildman–Crippen LogP) is 1.68. The van der Waals surface area contributed by atoms with Gasteiger partial charge in [-0.2, -0.15) is 0 Å². The second-order valence-corrected chi connectivity index (χ2v) is 7.66. The minimum Gasteiger partial charge on any atom is -0.493 e. The molecule has 1 aliphatic heterocycles. The summed E-state index contributed by atoms with van der Waals surface area (Å²) in [6.45, 7) is 13.3. The molecule has 1 atom stereocenters. The van der Waals surface area contributed by atoms with E-state index in [9.17, 15) is 0 Å². The van der Waals surface area contributed by atoms with E-state index >= 15 is 0 Å². The molecule has 164 valence electrons. The highest BCUT2D eigenvalue weighted by molar-refractivity contribution is 5.79. The molecule has 1 aliphatic rings. The summed E-state index contributed by atoms with van der Waals surface area (Å²) in [7, 11) is 5.14. The Morgan fingerprint density at radius 1 is 1.07 bits per heavy atom. The molecule has 29 heavy (non-hydrogen) atoms. The van der Waals surface area contributed by atoms with Crippen LogP contribution in [0.1, 0.15) is 19.4 Å². The number of nitrogens with zero attached hydrogens (tertiary/aromatic N) is 3. The molecule has 1 saturated heterocycles. The molecule has 7 heteroatoms. The summed E-state index contributed by atoms with van der Waals surface area (Å²) < 4.78 is 10.7. The number of aliphatic imine (C=N–C) groups is 1. The maximum atomic E-state index is 5.38. The van der Waals surface area contributed by atoms with Crippen LogP contribution in [-0.2, 0) is 6.42 Å². The van der Waals surface area contributed by atoms with E-state index in [1.807, 2.05) is 19.2 Å². The van der Waals surface area contributed by atoms with Crippen LogP contribution in [0.25, 0.3) is 0 Å². The van der Waals surface area contributed by atoms with Gasteiger partial charge in [0.05, 0.1) is 14.2 Å². The monoisotopic (exact) mass is 405 g/mol. The minimum absolute atomic E-state index is 0.576. The molecule has 0 aromatic heterocycles. The van der Waals surface area contributed by atoms with E-state index in [1.165, 1.54) is 31.7 Å². The molecule has 2 rings (SSSR count). The quantitative estimate of drug-likeness (QED) is 0.456. The fourth-order valence-electron chi connectivity index (χ4n) is 3.65. The lowest BCUT2D eigenvalue weighted by molar-refractivity contribution is 0.124. The molecule has 0 aliphatic carbocycles. The van der Waals surface area contributed by atoms with Gasteiger partial charge in [-0.3, -0.25) is 4.99 Å². The van der Waals surface area contributed by atoms with Crippen molar-refractivity contribution in [3.05, 3.63) is 23.8 Å². The van der Waals surface area contributed by atoms with E-state index in [0.717, 1.165) is 50.1 Å². The standard InChI is InChI=1S/C22H39N5O2/c1-6-26-11-13-27(14-12-26)17-18(2)16-25-22(23-3)24-10-9-19-7-8-20(28-4)21(15-19)29-5/h7-8,15,18H,6,9-14,16-17H2,1-5H3,(H2,23,24,25). The Bertz CT molecular complexity index is 630. The van der Waals surface area contributed by atoms with E-state index in [0.29, 0.717) is 5.92 Å². The van der Waals surface area contributed by atoms with Crippen molar-refractivity contribution in [1.29, 1.82) is 0 Å². The van der Waals surface area contributed by atoms with Gasteiger partial charge in [-0.05, 0) is 36.6 Å². The zero-order chi connectivity index (χ0) is 21.1. The molecule has 0 bridgehead atoms. The van der Waals surface area contributed by atoms with Gasteiger partial charge in [-0.1, -0.05) is 19.9 Å². The molecule has 2 N–H and O–H groups in total. The SMILES string of the molecule is CCN1CCN(CC(C)CNC(=NC)NCCc2ccc(OC)c(OC)c2)CC1. The first-order chi connectivity index (χ1) is 14.1. The van der Waals surface area contributed by atoms with Crippen LogP contribution in [0.4, 0.5) is 0 Å². The van der Waals surface area contributed by atoms with Crippen molar-refractivity contribution in [3.63, 3.8) is 0 Å². The first kappa shape index (κ1) is 23.3. The lowest BCUT2D eigenvalue weighted by atomic mass is 10.1. The summed E-state index contributed by atoms with van der Waals surface area (Å²) in [6.07, 6.45) is 0.887. The number of ether oxygens (including phenoxy) is 2. The van der Waals surface area contributed by atoms with Crippen molar-refractivity contribution < 1.29 is 9.47 Å². The van der Waals surface area contributed by atoms with E-state index in [1.54, 1.807) is 14.2 Å². The number of piperazine rings is 1. The van der Waals surface area contributed by atoms with Crippen molar-refractivity contribution in [2.45, 2.75) is 20.3 Å². The number of benzene rings is 1. The number of methoxy groups -OCH3 is 2. The topological polar surface area (TPSA) is 61.4 Å². The molecule has 1 heterocycles. The number of guanidine groups is 1. The molecule has 0 saturated carbocycles. The van der Waals surface area contributed by atoms with E-state index in [4.69, 9.17) is 9.47 Å². The molecule has 1 fully saturated rings. The first-order valence-electron chi connectivity index (χ1n) is 10.7. The average Bonchev–Trinajstić information content (AvgIpc) is 2.76. The second-order valence-electron chi connectivity index (χ2n) is 7.66. The maximum Gasteiger partial charge on any atom is 0.190 e. The van der Waals surface area contributed by atoms with Gasteiger partial charge in [0.2, 0.25) is 0 Å². The van der Waals surface area contributed by atoms with Crippen molar-refractivity contribution in [3.8, 4) is 11.5 Å². The van der Waals surface area contributed by atoms with Gasteiger partial charge in [-0.25, -0.2) is 0 Å². The fourth-order valence-corrected chi connectivity index (χ4v) is 3.65. The van der Waals surface area contributed by atoms with Crippen LogP contribution in [0.15, 0.2) is 23.2 Å². The van der Waals surface area contributed by atoms with Gasteiger partial charge in [0.15, 0.2) is 17.5 Å². The number of nitrogens with one attached hydrogen (secondary N) is 2. The fraction of sp³-hybridized carbons (Fsp3) is 0.682. The van der Waals surface area contributed by atoms with Crippen molar-refractivity contribution in [2.24, 2.45) is 10.9 Å². The summed E-state index contributed by atoms with van der Waals surface area (Å²) in [5.74, 6) is 2.95. The van der Waals surface area contributed by atoms with Crippen molar-refractivity contribution >= 4 is 5.96 Å². The van der Waals surface area contributed by atoms with Crippen LogP contribution in [0.3, 0.4) is 0 Å². The van der Waals surface area contributed by atoms with Gasteiger partial charge in [0.1, 0.15) is 0 Å². The van der Waals surface area contributed by atoms with Crippen LogP contribution in [0.2, 0.25) is 0 Å². The third kappa shape index (κ3) is 7.74. The Morgan fingerprint density at radius 2 is 1.76 bits per heavy atom. The Morgan fingerprint density at radius 3 is 2.38 bits per heavy atom. The summed E-state index contributed by atoms with van der Waals surface area (Å²) >= 11 is 0. The normalized spacial score (nSPS) is 17.1. The largest absolute Gasteiger partial charge is 0.493 e. The molecule has 1 aromatic rings. The number of hydrogen-bond donors (Lipinski definition) is 2. The van der Waals surface area contributed by atoms with Crippen LogP contribution in [0.5, 0.6) is 11.5 Å². The van der Waals surface area contributed by atoms with Crippen LogP contribution < -0.4 is 20.1 Å². The van der Waals surface area contributed by atoms with Crippen molar-refractivity contribution in [1.82, 2.24) is 20.4 Å². The average molecular weight is 406 g/mol. The van der Waals surface area contributed by atoms with E-state index in [-0.39, 0.29) is 0 Å². The molecule has 1 aromatic carbocycles. The maximum absolute atomic E-state index is 5.38. The summed E-state index contributed by atoms with van der Waals surface area (Å²) in [4.78, 5) is 9.44. The predicted molar refractivity (Wildman–Crippen MR) is 120 cm³/mol. The summed E-state index contributed by atoms with van der Waals surface area (Å²) in [5.41, 5.74) is 1.20. The molecular weight excluding hydrogens is 366 g/mol. The molecule has 0 radical (unpaired) electrons. The lowest BCUT2D eigenvalue weighted by Crippen LogP contribution is -2.48. The molecule has 0 amide bonds. The van der Waals surface area contributed by atoms with Gasteiger partial charge < -0.3 is 29.9 Å². The van der Waals surface area contributed by atoms with E-state index in [2.05, 4.69) is 45.3 Å². The number of likely N-dealkylation sites (N-methyl/N-ethyl adjacent to an activating group) is 1. The number of rotatable bonds is 10. The second kappa shape index (κ2) is 12.5. The van der Waals surface area contributed by atoms with Crippen molar-refractivity contribution in [2.75, 3.05) is 73.6 Å². The van der Waals surface area contributed by atoms with Gasteiger partial charge in [0.25, 0.3) is 0 Å². The zero-order valence-electron chi connectivity index (χ0n) is 18.8. The Labute approximate surface area is 176 Å². The van der Waals surface area contributed by atoms with Gasteiger partial charge in [-0.15, -0.1) is 0 Å². The summed E-state index contributed by atoms with van der Waals surface area (Å²) in [5, 5.41) is 6.87. The Hall–Kier alpha value is -1.99. The Kier molecular flexibility index (Phi) is 10.1. The summed E-state index contributed by atoms with van der Waals surface area (Å²) in [6, 6.07) is 6.04. The molecule has 0 spiro atoms. The molecular formula is C22H39N5O2. The molecule has 1 unspecified atom stereocenters. The zero-order valence-corrected chi connectivity index (χ0v) is 18.8. The van der Waals surface area contributed by atoms with E-state index < -0.39 is 0 Å². The third-order valence-electron chi connectivity index (χ3n) is 5.48. The van der Waals surface area contributed by atoms with Crippen LogP contribution >= 0.6 is 0 Å². The smallest absolute Gasteiger partial charge is 0.190 e. The molecule has 7 nitrogen and oxygen atoms in total. The Balaban J connectivity index is 1.68. The lowest BCUT2D eigenvalue weighted by Gasteiger charge is -2.35. The number of hydrogen-bond acceptors (Lipinski definition) is 5. The van der Waals surface area contributed by atoms with Crippen LogP contribution in [0, 0.1) is 5.92 Å². The first-order valence-corrected chi connectivity index (χ1v) is 10.7. The highest BCUT2D eigenvalue weighted by atomic mass is 16.5. The minimum atomic E-state index is 0.576. The van der Waals surface area contributed by atoms with Crippen LogP contribution in [-0.4, -0.2) is 89.4 Å². The van der Waals surface area contributed by atoms with Gasteiger partial charge in [0, 0.05) is 52.9 Å². The van der Waals surface area contributed by atoms with Gasteiger partial charge >= 0.3 is 0 Å². The highest BCUT2D eigenvalue weighted by Crippen LogP contribution is 2.27. The highest BCUT2D eigenvalue weighted by Gasteiger charge is 2.17.